The van der Waals surface area contributed by atoms with E-state index in [0.717, 1.165) is 22.7 Å². The maximum atomic E-state index is 5.77. The van der Waals surface area contributed by atoms with Gasteiger partial charge < -0.3 is 10.2 Å². The van der Waals surface area contributed by atoms with Crippen molar-refractivity contribution in [1.82, 2.24) is 4.98 Å². The smallest absolute Gasteiger partial charge is 0.191 e. The summed E-state index contributed by atoms with van der Waals surface area (Å²) < 4.78 is 5.62. The summed E-state index contributed by atoms with van der Waals surface area (Å²) in [6, 6.07) is 7.72. The second-order valence-corrected chi connectivity index (χ2v) is 4.23. The Balaban J connectivity index is 2.55. The van der Waals surface area contributed by atoms with Crippen LogP contribution in [0.1, 0.15) is 31.4 Å². The molecule has 3 heteroatoms. The second kappa shape index (κ2) is 4.00. The van der Waals surface area contributed by atoms with Gasteiger partial charge in [-0.3, -0.25) is 0 Å². The maximum Gasteiger partial charge on any atom is 0.191 e. The largest absolute Gasteiger partial charge is 0.445 e. The highest BCUT2D eigenvalue weighted by molar-refractivity contribution is 5.66. The molecule has 0 bridgehead atoms. The van der Waals surface area contributed by atoms with Gasteiger partial charge in [-0.15, -0.1) is 0 Å². The molecule has 0 aliphatic carbocycles. The molecule has 3 nitrogen and oxygen atoms in total. The Morgan fingerprint density at radius 3 is 2.69 bits per heavy atom. The van der Waals surface area contributed by atoms with Crippen molar-refractivity contribution in [2.45, 2.75) is 26.7 Å². The molecule has 0 aliphatic rings. The molecule has 84 valence electrons. The van der Waals surface area contributed by atoms with Crippen LogP contribution in [-0.2, 0) is 0 Å². The lowest BCUT2D eigenvalue weighted by molar-refractivity contribution is 0.457. The van der Waals surface area contributed by atoms with Crippen molar-refractivity contribution in [2.75, 3.05) is 5.73 Å². The molecular weight excluding hydrogens is 200 g/mol. The van der Waals surface area contributed by atoms with Gasteiger partial charge >= 0.3 is 0 Å². The second-order valence-electron chi connectivity index (χ2n) is 4.23. The number of nitrogens with two attached hydrogens (primary N) is 1. The molecule has 0 atom stereocenters. The van der Waals surface area contributed by atoms with Gasteiger partial charge in [-0.25, -0.2) is 4.98 Å². The van der Waals surface area contributed by atoms with Crippen LogP contribution in [-0.4, -0.2) is 4.98 Å². The quantitative estimate of drug-likeness (QED) is 0.783. The molecule has 16 heavy (non-hydrogen) atoms. The molecule has 2 aromatic rings. The molecule has 1 heterocycles. The van der Waals surface area contributed by atoms with Crippen molar-refractivity contribution in [3.63, 3.8) is 0 Å². The first-order chi connectivity index (χ1) is 7.58. The summed E-state index contributed by atoms with van der Waals surface area (Å²) in [7, 11) is 0. The minimum atomic E-state index is 0.317. The fourth-order valence-electron chi connectivity index (χ4n) is 1.73. The topological polar surface area (TPSA) is 52.0 Å². The lowest BCUT2D eigenvalue weighted by Crippen LogP contribution is -1.90. The summed E-state index contributed by atoms with van der Waals surface area (Å²) in [4.78, 5) is 4.42. The SMILES string of the molecule is Cc1nc(-c2cccc(N)c2)c(C(C)C)o1. The van der Waals surface area contributed by atoms with Crippen molar-refractivity contribution in [3.8, 4) is 11.3 Å². The van der Waals surface area contributed by atoms with Crippen LogP contribution in [0.3, 0.4) is 0 Å². The fourth-order valence-corrected chi connectivity index (χ4v) is 1.73. The summed E-state index contributed by atoms with van der Waals surface area (Å²) in [6.45, 7) is 6.05. The van der Waals surface area contributed by atoms with E-state index in [1.807, 2.05) is 31.2 Å². The number of aromatic nitrogens is 1. The Bertz CT molecular complexity index is 500. The molecule has 0 unspecified atom stereocenters. The van der Waals surface area contributed by atoms with E-state index in [-0.39, 0.29) is 0 Å². The van der Waals surface area contributed by atoms with Crippen LogP contribution in [0.2, 0.25) is 0 Å². The summed E-state index contributed by atoms with van der Waals surface area (Å²) in [5, 5.41) is 0. The van der Waals surface area contributed by atoms with Crippen LogP contribution in [0.15, 0.2) is 28.7 Å². The van der Waals surface area contributed by atoms with Gasteiger partial charge in [0, 0.05) is 24.1 Å². The van der Waals surface area contributed by atoms with Crippen molar-refractivity contribution < 1.29 is 4.42 Å². The number of aryl methyl sites for hydroxylation is 1. The Morgan fingerprint density at radius 1 is 1.31 bits per heavy atom. The van der Waals surface area contributed by atoms with Gasteiger partial charge in [0.2, 0.25) is 0 Å². The third-order valence-corrected chi connectivity index (χ3v) is 2.44. The van der Waals surface area contributed by atoms with E-state index in [4.69, 9.17) is 10.2 Å². The standard InChI is InChI=1S/C13H16N2O/c1-8(2)13-12(15-9(3)16-13)10-5-4-6-11(14)7-10/h4-8H,14H2,1-3H3. The molecule has 0 amide bonds. The first kappa shape index (κ1) is 10.7. The van der Waals surface area contributed by atoms with Gasteiger partial charge in [0.25, 0.3) is 0 Å². The molecular formula is C13H16N2O. The normalized spacial score (nSPS) is 11.0. The van der Waals surface area contributed by atoms with Crippen molar-refractivity contribution in [3.05, 3.63) is 35.9 Å². The van der Waals surface area contributed by atoms with Crippen molar-refractivity contribution in [1.29, 1.82) is 0 Å². The predicted octanol–water partition coefficient (Wildman–Crippen LogP) is 3.36. The van der Waals surface area contributed by atoms with Crippen molar-refractivity contribution in [2.24, 2.45) is 0 Å². The number of benzene rings is 1. The zero-order valence-corrected chi connectivity index (χ0v) is 9.82. The summed E-state index contributed by atoms with van der Waals surface area (Å²) >= 11 is 0. The fraction of sp³-hybridized carbons (Fsp3) is 0.308. The molecule has 0 radical (unpaired) electrons. The average molecular weight is 216 g/mol. The van der Waals surface area contributed by atoms with E-state index >= 15 is 0 Å². The highest BCUT2D eigenvalue weighted by atomic mass is 16.4. The summed E-state index contributed by atoms with van der Waals surface area (Å²) in [6.07, 6.45) is 0. The molecule has 0 fully saturated rings. The minimum absolute atomic E-state index is 0.317. The van der Waals surface area contributed by atoms with E-state index in [9.17, 15) is 0 Å². The Kier molecular flexibility index (Phi) is 2.69. The van der Waals surface area contributed by atoms with E-state index < -0.39 is 0 Å². The van der Waals surface area contributed by atoms with Gasteiger partial charge in [0.05, 0.1) is 0 Å². The van der Waals surface area contributed by atoms with Crippen LogP contribution >= 0.6 is 0 Å². The first-order valence-corrected chi connectivity index (χ1v) is 5.41. The third-order valence-electron chi connectivity index (χ3n) is 2.44. The lowest BCUT2D eigenvalue weighted by atomic mass is 10.0. The first-order valence-electron chi connectivity index (χ1n) is 5.41. The Hall–Kier alpha value is -1.77. The molecule has 1 aromatic carbocycles. The third kappa shape index (κ3) is 1.94. The molecule has 0 aliphatic heterocycles. The van der Waals surface area contributed by atoms with E-state index in [1.54, 1.807) is 0 Å². The van der Waals surface area contributed by atoms with Gasteiger partial charge in [-0.05, 0) is 12.1 Å². The number of hydrogen-bond donors (Lipinski definition) is 1. The van der Waals surface area contributed by atoms with Crippen LogP contribution < -0.4 is 5.73 Å². The predicted molar refractivity (Wildman–Crippen MR) is 65.2 cm³/mol. The monoisotopic (exact) mass is 216 g/mol. The zero-order chi connectivity index (χ0) is 11.7. The van der Waals surface area contributed by atoms with E-state index in [1.165, 1.54) is 0 Å². The average Bonchev–Trinajstić information content (AvgIpc) is 2.60. The molecule has 0 spiro atoms. The Morgan fingerprint density at radius 2 is 2.06 bits per heavy atom. The minimum Gasteiger partial charge on any atom is -0.445 e. The molecule has 1 aromatic heterocycles. The number of nitrogens with zero attached hydrogens (tertiary/aromatic N) is 1. The number of rotatable bonds is 2. The lowest BCUT2D eigenvalue weighted by Gasteiger charge is -2.04. The van der Waals surface area contributed by atoms with Crippen molar-refractivity contribution >= 4 is 5.69 Å². The van der Waals surface area contributed by atoms with E-state index in [2.05, 4.69) is 18.8 Å². The van der Waals surface area contributed by atoms with Crippen LogP contribution in [0.4, 0.5) is 5.69 Å². The number of hydrogen-bond acceptors (Lipinski definition) is 3. The molecule has 2 rings (SSSR count). The number of nitrogen functional groups attached to an aromatic ring is 1. The summed E-state index contributed by atoms with van der Waals surface area (Å²) in [5.41, 5.74) is 8.43. The molecule has 2 N–H and O–H groups in total. The molecule has 0 saturated carbocycles. The number of anilines is 1. The molecule has 0 saturated heterocycles. The van der Waals surface area contributed by atoms with E-state index in [0.29, 0.717) is 11.8 Å². The Labute approximate surface area is 95.3 Å². The maximum absolute atomic E-state index is 5.77. The van der Waals surface area contributed by atoms with Crippen LogP contribution in [0.25, 0.3) is 11.3 Å². The van der Waals surface area contributed by atoms with Crippen LogP contribution in [0, 0.1) is 6.92 Å². The number of oxazole rings is 1. The zero-order valence-electron chi connectivity index (χ0n) is 9.82. The van der Waals surface area contributed by atoms with Gasteiger partial charge in [-0.1, -0.05) is 26.0 Å². The van der Waals surface area contributed by atoms with Crippen LogP contribution in [0.5, 0.6) is 0 Å². The summed E-state index contributed by atoms with van der Waals surface area (Å²) in [5.74, 6) is 1.93. The van der Waals surface area contributed by atoms with Gasteiger partial charge in [0.1, 0.15) is 11.5 Å². The van der Waals surface area contributed by atoms with Gasteiger partial charge in [0.15, 0.2) is 5.89 Å². The van der Waals surface area contributed by atoms with Gasteiger partial charge in [-0.2, -0.15) is 0 Å². The highest BCUT2D eigenvalue weighted by Gasteiger charge is 2.15. The highest BCUT2D eigenvalue weighted by Crippen LogP contribution is 2.30.